The lowest BCUT2D eigenvalue weighted by Gasteiger charge is -2.07. The molecule has 106 valence electrons. The zero-order valence-corrected chi connectivity index (χ0v) is 12.1. The van der Waals surface area contributed by atoms with Crippen molar-refractivity contribution < 1.29 is 9.53 Å². The molecule has 5 nitrogen and oxygen atoms in total. The molecular weight excluding hydrogens is 278 g/mol. The van der Waals surface area contributed by atoms with Crippen LogP contribution in [0, 0.1) is 0 Å². The highest BCUT2D eigenvalue weighted by atomic mass is 35.5. The number of esters is 1. The Balaban J connectivity index is 2.08. The molecule has 0 radical (unpaired) electrons. The topological polar surface area (TPSA) is 70.1 Å². The second-order valence-corrected chi connectivity index (χ2v) is 4.85. The Morgan fingerprint density at radius 1 is 1.45 bits per heavy atom. The van der Waals surface area contributed by atoms with Crippen molar-refractivity contribution in [3.63, 3.8) is 0 Å². The van der Waals surface area contributed by atoms with E-state index in [1.165, 1.54) is 6.07 Å². The molecule has 2 rings (SSSR count). The molecule has 1 aromatic carbocycles. The molecule has 2 aromatic rings. The van der Waals surface area contributed by atoms with Crippen molar-refractivity contribution in [3.05, 3.63) is 46.2 Å². The number of anilines is 1. The van der Waals surface area contributed by atoms with Gasteiger partial charge < -0.3 is 10.5 Å². The van der Waals surface area contributed by atoms with Gasteiger partial charge in [-0.2, -0.15) is 5.10 Å². The van der Waals surface area contributed by atoms with Crippen molar-refractivity contribution in [1.29, 1.82) is 0 Å². The summed E-state index contributed by atoms with van der Waals surface area (Å²) in [5.74, 6) is -0.496. The Morgan fingerprint density at radius 2 is 2.20 bits per heavy atom. The van der Waals surface area contributed by atoms with Gasteiger partial charge in [0.1, 0.15) is 6.61 Å². The van der Waals surface area contributed by atoms with E-state index >= 15 is 0 Å². The number of carbonyl (C=O) groups is 1. The van der Waals surface area contributed by atoms with Gasteiger partial charge in [0, 0.05) is 17.8 Å². The number of aryl methyl sites for hydroxylation is 2. The average Bonchev–Trinajstić information content (AvgIpc) is 2.79. The van der Waals surface area contributed by atoms with E-state index < -0.39 is 5.97 Å². The van der Waals surface area contributed by atoms with Gasteiger partial charge in [0.05, 0.1) is 17.0 Å². The molecule has 1 heterocycles. The van der Waals surface area contributed by atoms with Gasteiger partial charge in [0.25, 0.3) is 0 Å². The number of hydrogen-bond donors (Lipinski definition) is 1. The van der Waals surface area contributed by atoms with E-state index in [2.05, 4.69) is 5.10 Å². The Morgan fingerprint density at radius 3 is 2.85 bits per heavy atom. The summed E-state index contributed by atoms with van der Waals surface area (Å²) in [6.07, 6.45) is 0.836. The minimum Gasteiger partial charge on any atom is -0.456 e. The van der Waals surface area contributed by atoms with Gasteiger partial charge in [-0.3, -0.25) is 4.68 Å². The third kappa shape index (κ3) is 3.11. The molecule has 0 aliphatic carbocycles. The molecule has 0 saturated heterocycles. The van der Waals surface area contributed by atoms with Crippen molar-refractivity contribution in [2.75, 3.05) is 5.73 Å². The predicted octanol–water partition coefficient (Wildman–Crippen LogP) is 2.58. The van der Waals surface area contributed by atoms with Crippen molar-refractivity contribution in [2.45, 2.75) is 20.0 Å². The van der Waals surface area contributed by atoms with E-state index in [-0.39, 0.29) is 12.2 Å². The van der Waals surface area contributed by atoms with Crippen LogP contribution >= 0.6 is 11.6 Å². The molecule has 0 amide bonds. The summed E-state index contributed by atoms with van der Waals surface area (Å²) < 4.78 is 6.95. The van der Waals surface area contributed by atoms with E-state index in [1.54, 1.807) is 16.8 Å². The van der Waals surface area contributed by atoms with E-state index in [4.69, 9.17) is 22.1 Å². The Labute approximate surface area is 122 Å². The van der Waals surface area contributed by atoms with Crippen LogP contribution in [0.15, 0.2) is 24.3 Å². The lowest BCUT2D eigenvalue weighted by atomic mass is 10.2. The summed E-state index contributed by atoms with van der Waals surface area (Å²) >= 11 is 5.85. The van der Waals surface area contributed by atoms with Gasteiger partial charge in [-0.15, -0.1) is 0 Å². The molecule has 0 fully saturated rings. The number of rotatable bonds is 4. The highest BCUT2D eigenvalue weighted by Gasteiger charge is 2.13. The first kappa shape index (κ1) is 14.4. The molecule has 1 aromatic heterocycles. The molecule has 20 heavy (non-hydrogen) atoms. The second-order valence-electron chi connectivity index (χ2n) is 4.41. The largest absolute Gasteiger partial charge is 0.456 e. The number of carbonyl (C=O) groups excluding carboxylic acids is 1. The number of aromatic nitrogens is 2. The molecule has 6 heteroatoms. The molecule has 0 saturated carbocycles. The van der Waals surface area contributed by atoms with Crippen LogP contribution in [0.3, 0.4) is 0 Å². The third-order valence-corrected chi connectivity index (χ3v) is 3.21. The van der Waals surface area contributed by atoms with Crippen LogP contribution in [-0.2, 0) is 24.8 Å². The summed E-state index contributed by atoms with van der Waals surface area (Å²) in [7, 11) is 1.82. The van der Waals surface area contributed by atoms with Gasteiger partial charge in [0.2, 0.25) is 0 Å². The number of ether oxygens (including phenoxy) is 1. The van der Waals surface area contributed by atoms with Crippen LogP contribution in [0.25, 0.3) is 0 Å². The first-order valence-corrected chi connectivity index (χ1v) is 6.63. The summed E-state index contributed by atoms with van der Waals surface area (Å²) in [6, 6.07) is 6.62. The fourth-order valence-corrected chi connectivity index (χ4v) is 1.97. The van der Waals surface area contributed by atoms with Gasteiger partial charge in [-0.25, -0.2) is 4.79 Å². The van der Waals surface area contributed by atoms with Crippen LogP contribution in [0.5, 0.6) is 0 Å². The van der Waals surface area contributed by atoms with Crippen molar-refractivity contribution >= 4 is 23.3 Å². The summed E-state index contributed by atoms with van der Waals surface area (Å²) in [5, 5.41) is 4.74. The molecule has 0 spiro atoms. The predicted molar refractivity (Wildman–Crippen MR) is 77.6 cm³/mol. The van der Waals surface area contributed by atoms with Crippen LogP contribution in [0.4, 0.5) is 5.69 Å². The van der Waals surface area contributed by atoms with Crippen LogP contribution in [0.1, 0.15) is 28.7 Å². The third-order valence-electron chi connectivity index (χ3n) is 2.98. The van der Waals surface area contributed by atoms with Gasteiger partial charge >= 0.3 is 5.97 Å². The molecule has 0 aliphatic heterocycles. The van der Waals surface area contributed by atoms with Crippen LogP contribution < -0.4 is 5.73 Å². The molecule has 0 bridgehead atoms. The fraction of sp³-hybridized carbons (Fsp3) is 0.286. The number of halogens is 1. The minimum atomic E-state index is -0.496. The highest BCUT2D eigenvalue weighted by Crippen LogP contribution is 2.19. The quantitative estimate of drug-likeness (QED) is 0.695. The van der Waals surface area contributed by atoms with Crippen molar-refractivity contribution in [3.8, 4) is 0 Å². The number of nitrogen functional groups attached to an aromatic ring is 1. The van der Waals surface area contributed by atoms with Crippen LogP contribution in [0.2, 0.25) is 5.02 Å². The first-order chi connectivity index (χ1) is 9.51. The maximum atomic E-state index is 12.0. The standard InChI is InChI=1S/C14H16ClN3O2/c1-3-10-7-11(18(2)17-10)8-20-14(19)12-6-9(15)4-5-13(12)16/h4-7H,3,8,16H2,1-2H3. The molecule has 2 N–H and O–H groups in total. The SMILES string of the molecule is CCc1cc(COC(=O)c2cc(Cl)ccc2N)n(C)n1. The Hall–Kier alpha value is -2.01. The maximum absolute atomic E-state index is 12.0. The van der Waals surface area contributed by atoms with Gasteiger partial charge in [-0.1, -0.05) is 18.5 Å². The monoisotopic (exact) mass is 293 g/mol. The lowest BCUT2D eigenvalue weighted by Crippen LogP contribution is -2.10. The highest BCUT2D eigenvalue weighted by molar-refractivity contribution is 6.31. The van der Waals surface area contributed by atoms with E-state index in [9.17, 15) is 4.79 Å². The van der Waals surface area contributed by atoms with Crippen molar-refractivity contribution in [2.24, 2.45) is 7.05 Å². The second kappa shape index (κ2) is 5.96. The molecule has 0 aliphatic rings. The summed E-state index contributed by atoms with van der Waals surface area (Å²) in [4.78, 5) is 12.0. The van der Waals surface area contributed by atoms with Gasteiger partial charge in [0.15, 0.2) is 0 Å². The number of benzene rings is 1. The molecule has 0 atom stereocenters. The number of hydrogen-bond acceptors (Lipinski definition) is 4. The number of nitrogens with two attached hydrogens (primary N) is 1. The van der Waals surface area contributed by atoms with Gasteiger partial charge in [-0.05, 0) is 30.7 Å². The summed E-state index contributed by atoms with van der Waals surface area (Å²) in [5.41, 5.74) is 8.15. The van der Waals surface area contributed by atoms with E-state index in [0.717, 1.165) is 17.8 Å². The zero-order valence-electron chi connectivity index (χ0n) is 11.4. The zero-order chi connectivity index (χ0) is 14.7. The molecule has 0 unspecified atom stereocenters. The Bertz CT molecular complexity index is 637. The normalized spacial score (nSPS) is 10.6. The maximum Gasteiger partial charge on any atom is 0.340 e. The first-order valence-electron chi connectivity index (χ1n) is 6.25. The van der Waals surface area contributed by atoms with E-state index in [0.29, 0.717) is 10.7 Å². The minimum absolute atomic E-state index is 0.147. The Kier molecular flexibility index (Phi) is 4.29. The summed E-state index contributed by atoms with van der Waals surface area (Å²) in [6.45, 7) is 2.17. The molecular formula is C14H16ClN3O2. The van der Waals surface area contributed by atoms with E-state index in [1.807, 2.05) is 20.0 Å². The average molecular weight is 294 g/mol. The van der Waals surface area contributed by atoms with Crippen molar-refractivity contribution in [1.82, 2.24) is 9.78 Å². The number of nitrogens with zero attached hydrogens (tertiary/aromatic N) is 2. The smallest absolute Gasteiger partial charge is 0.340 e. The lowest BCUT2D eigenvalue weighted by molar-refractivity contribution is 0.0465. The van der Waals surface area contributed by atoms with Crippen LogP contribution in [-0.4, -0.2) is 15.7 Å². The fourth-order valence-electron chi connectivity index (χ4n) is 1.80.